The Bertz CT molecular complexity index is 563. The van der Waals surface area contributed by atoms with Crippen LogP contribution < -0.4 is 11.2 Å². The molecule has 4 saturated carbocycles. The van der Waals surface area contributed by atoms with E-state index in [1.807, 2.05) is 11.4 Å². The highest BCUT2D eigenvalue weighted by Crippen LogP contribution is 2.57. The van der Waals surface area contributed by atoms with Gasteiger partial charge < -0.3 is 5.73 Å². The normalized spacial score (nSPS) is 35.4. The molecule has 0 aromatic carbocycles. The Labute approximate surface area is 133 Å². The molecule has 4 aliphatic carbocycles. The second kappa shape index (κ2) is 4.98. The number of hydrogen-bond donors (Lipinski definition) is 2. The first-order chi connectivity index (χ1) is 10.6. The average Bonchev–Trinajstić information content (AvgIpc) is 2.96. The van der Waals surface area contributed by atoms with Crippen molar-refractivity contribution in [2.75, 3.05) is 0 Å². The number of hydrazine groups is 1. The highest BCUT2D eigenvalue weighted by Gasteiger charge is 2.55. The summed E-state index contributed by atoms with van der Waals surface area (Å²) < 4.78 is 0. The van der Waals surface area contributed by atoms with Gasteiger partial charge in [-0.2, -0.15) is 0 Å². The number of amides is 3. The summed E-state index contributed by atoms with van der Waals surface area (Å²) >= 11 is 1.37. The number of primary amides is 1. The number of thiophene rings is 1. The van der Waals surface area contributed by atoms with Crippen molar-refractivity contribution in [2.45, 2.75) is 44.1 Å². The Morgan fingerprint density at radius 3 is 2.23 bits per heavy atom. The number of urea groups is 1. The lowest BCUT2D eigenvalue weighted by Crippen LogP contribution is -2.67. The summed E-state index contributed by atoms with van der Waals surface area (Å²) in [5.74, 6) is 1.83. The Kier molecular flexibility index (Phi) is 3.18. The molecule has 0 radical (unpaired) electrons. The molecule has 0 aliphatic heterocycles. The van der Waals surface area contributed by atoms with Crippen LogP contribution in [-0.4, -0.2) is 22.5 Å². The zero-order chi connectivity index (χ0) is 15.3. The van der Waals surface area contributed by atoms with E-state index in [4.69, 9.17) is 5.73 Å². The van der Waals surface area contributed by atoms with Gasteiger partial charge in [0.15, 0.2) is 0 Å². The maximum Gasteiger partial charge on any atom is 0.334 e. The van der Waals surface area contributed by atoms with Gasteiger partial charge in [-0.15, -0.1) is 11.3 Å². The third-order valence-corrected chi connectivity index (χ3v) is 6.53. The zero-order valence-corrected chi connectivity index (χ0v) is 13.3. The molecule has 22 heavy (non-hydrogen) atoms. The van der Waals surface area contributed by atoms with E-state index < -0.39 is 6.03 Å². The molecule has 4 aliphatic rings. The van der Waals surface area contributed by atoms with Gasteiger partial charge in [0.25, 0.3) is 5.91 Å². The monoisotopic (exact) mass is 319 g/mol. The SMILES string of the molecule is NC(=O)N(NC(=O)c1cccs1)C12CC3CC(CC(C3)C1)C2. The van der Waals surface area contributed by atoms with Crippen molar-refractivity contribution < 1.29 is 9.59 Å². The maximum absolute atomic E-state index is 12.4. The molecule has 0 saturated heterocycles. The number of nitrogens with zero attached hydrogens (tertiary/aromatic N) is 1. The third kappa shape index (κ3) is 2.20. The minimum absolute atomic E-state index is 0.232. The van der Waals surface area contributed by atoms with Gasteiger partial charge in [0.05, 0.1) is 10.4 Å². The standard InChI is InChI=1S/C16H21N3O2S/c17-15(21)19(18-14(20)13-2-1-3-22-13)16-7-10-4-11(8-16)6-12(5-10)9-16/h1-3,10-12H,4-9H2,(H2,17,21)(H,18,20). The maximum atomic E-state index is 12.4. The minimum atomic E-state index is -0.535. The van der Waals surface area contributed by atoms with Crippen molar-refractivity contribution in [2.24, 2.45) is 23.5 Å². The molecule has 0 unspecified atom stereocenters. The Morgan fingerprint density at radius 2 is 1.77 bits per heavy atom. The predicted octanol–water partition coefficient (Wildman–Crippen LogP) is 2.74. The van der Waals surface area contributed by atoms with E-state index in [2.05, 4.69) is 5.43 Å². The Balaban J connectivity index is 1.59. The van der Waals surface area contributed by atoms with Crippen LogP contribution in [0.1, 0.15) is 48.2 Å². The van der Waals surface area contributed by atoms with Gasteiger partial charge in [0.2, 0.25) is 0 Å². The summed E-state index contributed by atoms with van der Waals surface area (Å²) in [6.07, 6.45) is 6.78. The summed E-state index contributed by atoms with van der Waals surface area (Å²) in [6.45, 7) is 0. The van der Waals surface area contributed by atoms with Crippen molar-refractivity contribution >= 4 is 23.3 Å². The number of carbonyl (C=O) groups excluding carboxylic acids is 2. The molecule has 3 N–H and O–H groups in total. The first kappa shape index (κ1) is 14.1. The molecule has 118 valence electrons. The fraction of sp³-hybridized carbons (Fsp3) is 0.625. The van der Waals surface area contributed by atoms with Gasteiger partial charge in [-0.05, 0) is 67.7 Å². The van der Waals surface area contributed by atoms with E-state index in [9.17, 15) is 9.59 Å². The van der Waals surface area contributed by atoms with Crippen LogP contribution in [0.25, 0.3) is 0 Å². The van der Waals surface area contributed by atoms with E-state index >= 15 is 0 Å². The van der Waals surface area contributed by atoms with Gasteiger partial charge in [-0.3, -0.25) is 10.2 Å². The van der Waals surface area contributed by atoms with E-state index in [0.717, 1.165) is 19.3 Å². The van der Waals surface area contributed by atoms with Crippen molar-refractivity contribution in [3.8, 4) is 0 Å². The number of hydrogen-bond acceptors (Lipinski definition) is 3. The Morgan fingerprint density at radius 1 is 1.18 bits per heavy atom. The second-order valence-corrected chi connectivity index (χ2v) is 8.18. The van der Waals surface area contributed by atoms with Crippen LogP contribution in [-0.2, 0) is 0 Å². The Hall–Kier alpha value is -1.56. The van der Waals surface area contributed by atoms with Gasteiger partial charge in [0, 0.05) is 0 Å². The van der Waals surface area contributed by atoms with Crippen molar-refractivity contribution in [3.05, 3.63) is 22.4 Å². The van der Waals surface area contributed by atoms with Crippen LogP contribution in [0.4, 0.5) is 4.79 Å². The molecular formula is C16H21N3O2S. The van der Waals surface area contributed by atoms with E-state index in [1.54, 1.807) is 6.07 Å². The molecule has 3 amide bonds. The summed E-state index contributed by atoms with van der Waals surface area (Å²) in [6, 6.07) is 3.06. The molecular weight excluding hydrogens is 298 g/mol. The molecule has 5 nitrogen and oxygen atoms in total. The van der Waals surface area contributed by atoms with Crippen LogP contribution in [0.5, 0.6) is 0 Å². The molecule has 6 heteroatoms. The number of rotatable bonds is 2. The highest BCUT2D eigenvalue weighted by molar-refractivity contribution is 7.12. The second-order valence-electron chi connectivity index (χ2n) is 7.23. The first-order valence-electron chi connectivity index (χ1n) is 8.00. The molecule has 0 spiro atoms. The van der Waals surface area contributed by atoms with Crippen LogP contribution >= 0.6 is 11.3 Å². The minimum Gasteiger partial charge on any atom is -0.350 e. The number of nitrogens with one attached hydrogen (secondary N) is 1. The summed E-state index contributed by atoms with van der Waals surface area (Å²) in [7, 11) is 0. The predicted molar refractivity (Wildman–Crippen MR) is 84.1 cm³/mol. The van der Waals surface area contributed by atoms with Gasteiger partial charge in [0.1, 0.15) is 0 Å². The molecule has 4 bridgehead atoms. The van der Waals surface area contributed by atoms with Crippen LogP contribution in [0, 0.1) is 17.8 Å². The lowest BCUT2D eigenvalue weighted by atomic mass is 9.53. The molecule has 5 rings (SSSR count). The van der Waals surface area contributed by atoms with Crippen LogP contribution in [0.3, 0.4) is 0 Å². The molecule has 1 aromatic heterocycles. The summed E-state index contributed by atoms with van der Waals surface area (Å²) in [5.41, 5.74) is 8.19. The zero-order valence-electron chi connectivity index (χ0n) is 12.5. The summed E-state index contributed by atoms with van der Waals surface area (Å²) in [5, 5.41) is 3.33. The lowest BCUT2D eigenvalue weighted by Gasteiger charge is -2.59. The molecule has 1 heterocycles. The molecule has 0 atom stereocenters. The largest absolute Gasteiger partial charge is 0.350 e. The average molecular weight is 319 g/mol. The van der Waals surface area contributed by atoms with E-state index in [1.165, 1.54) is 35.6 Å². The topological polar surface area (TPSA) is 75.4 Å². The number of carbonyl (C=O) groups is 2. The van der Waals surface area contributed by atoms with E-state index in [0.29, 0.717) is 22.6 Å². The number of nitrogens with two attached hydrogens (primary N) is 1. The lowest BCUT2D eigenvalue weighted by molar-refractivity contribution is -0.0818. The van der Waals surface area contributed by atoms with Gasteiger partial charge >= 0.3 is 6.03 Å². The third-order valence-electron chi connectivity index (χ3n) is 5.66. The summed E-state index contributed by atoms with van der Waals surface area (Å²) in [4.78, 5) is 25.0. The molecule has 1 aromatic rings. The van der Waals surface area contributed by atoms with Gasteiger partial charge in [-0.25, -0.2) is 9.80 Å². The molecule has 4 fully saturated rings. The van der Waals surface area contributed by atoms with Crippen LogP contribution in [0.15, 0.2) is 17.5 Å². The van der Waals surface area contributed by atoms with Crippen LogP contribution in [0.2, 0.25) is 0 Å². The first-order valence-corrected chi connectivity index (χ1v) is 8.88. The fourth-order valence-electron chi connectivity index (χ4n) is 5.31. The van der Waals surface area contributed by atoms with Crippen molar-refractivity contribution in [3.63, 3.8) is 0 Å². The highest BCUT2D eigenvalue weighted by atomic mass is 32.1. The van der Waals surface area contributed by atoms with Crippen molar-refractivity contribution in [1.29, 1.82) is 0 Å². The van der Waals surface area contributed by atoms with E-state index in [-0.39, 0.29) is 11.4 Å². The smallest absolute Gasteiger partial charge is 0.334 e. The van der Waals surface area contributed by atoms with Crippen molar-refractivity contribution in [1.82, 2.24) is 10.4 Å². The quantitative estimate of drug-likeness (QED) is 0.822. The van der Waals surface area contributed by atoms with Gasteiger partial charge in [-0.1, -0.05) is 6.07 Å². The fourth-order valence-corrected chi connectivity index (χ4v) is 5.92.